The van der Waals surface area contributed by atoms with E-state index in [0.29, 0.717) is 18.9 Å². The maximum absolute atomic E-state index is 12.7. The fourth-order valence-corrected chi connectivity index (χ4v) is 3.89. The van der Waals surface area contributed by atoms with Gasteiger partial charge in [-0.15, -0.1) is 0 Å². The lowest BCUT2D eigenvalue weighted by atomic mass is 9.96. The van der Waals surface area contributed by atoms with Crippen LogP contribution in [0.25, 0.3) is 0 Å². The monoisotopic (exact) mass is 416 g/mol. The fraction of sp³-hybridized carbons (Fsp3) is 0.680. The Bertz CT molecular complexity index is 691. The molecule has 1 unspecified atom stereocenters. The van der Waals surface area contributed by atoms with Crippen molar-refractivity contribution in [3.8, 4) is 0 Å². The van der Waals surface area contributed by atoms with Crippen LogP contribution in [0.5, 0.6) is 0 Å². The van der Waals surface area contributed by atoms with E-state index in [1.807, 2.05) is 39.5 Å². The maximum Gasteiger partial charge on any atom is 0.410 e. The average molecular weight is 417 g/mol. The molecule has 1 heterocycles. The minimum absolute atomic E-state index is 0.0698. The molecule has 0 spiro atoms. The van der Waals surface area contributed by atoms with Crippen molar-refractivity contribution in [2.75, 3.05) is 19.6 Å². The molecule has 1 aromatic rings. The molecule has 1 fully saturated rings. The highest BCUT2D eigenvalue weighted by atomic mass is 16.6. The van der Waals surface area contributed by atoms with Crippen LogP contribution in [0.15, 0.2) is 24.3 Å². The molecule has 5 nitrogen and oxygen atoms in total. The first kappa shape index (κ1) is 24.2. The molecule has 0 saturated carbocycles. The minimum Gasteiger partial charge on any atom is -0.444 e. The number of hydrogen-bond donors (Lipinski definition) is 0. The summed E-state index contributed by atoms with van der Waals surface area (Å²) in [5.41, 5.74) is 2.04. The Hall–Kier alpha value is -2.04. The Labute approximate surface area is 182 Å². The molecule has 1 aliphatic rings. The molecule has 0 N–H and O–H groups in total. The van der Waals surface area contributed by atoms with E-state index in [-0.39, 0.29) is 18.0 Å². The summed E-state index contributed by atoms with van der Waals surface area (Å²) in [7, 11) is 0. The molecule has 2 amide bonds. The fourth-order valence-electron chi connectivity index (χ4n) is 3.89. The van der Waals surface area contributed by atoms with Gasteiger partial charge in [0, 0.05) is 32.1 Å². The number of carbonyl (C=O) groups is 2. The van der Waals surface area contributed by atoms with Crippen LogP contribution in [0, 0.1) is 12.8 Å². The molecular formula is C25H40N2O3. The van der Waals surface area contributed by atoms with Crippen molar-refractivity contribution >= 4 is 12.0 Å². The summed E-state index contributed by atoms with van der Waals surface area (Å²) in [6.07, 6.45) is 4.16. The number of hydrogen-bond acceptors (Lipinski definition) is 3. The first-order chi connectivity index (χ1) is 14.0. The van der Waals surface area contributed by atoms with Gasteiger partial charge in [0.1, 0.15) is 5.60 Å². The van der Waals surface area contributed by atoms with E-state index >= 15 is 0 Å². The van der Waals surface area contributed by atoms with Gasteiger partial charge in [-0.05, 0) is 78.7 Å². The van der Waals surface area contributed by atoms with Crippen LogP contribution in [0.3, 0.4) is 0 Å². The Morgan fingerprint density at radius 2 is 1.87 bits per heavy atom. The predicted molar refractivity (Wildman–Crippen MR) is 121 cm³/mol. The molecule has 0 radical (unpaired) electrons. The van der Waals surface area contributed by atoms with E-state index in [9.17, 15) is 9.59 Å². The third-order valence-corrected chi connectivity index (χ3v) is 5.55. The van der Waals surface area contributed by atoms with Gasteiger partial charge in [0.05, 0.1) is 0 Å². The Kier molecular flexibility index (Phi) is 8.75. The van der Waals surface area contributed by atoms with Crippen molar-refractivity contribution in [2.45, 2.75) is 85.3 Å². The number of rotatable bonds is 7. The molecule has 1 atom stereocenters. The molecular weight excluding hydrogens is 376 g/mol. The summed E-state index contributed by atoms with van der Waals surface area (Å²) < 4.78 is 5.59. The zero-order valence-corrected chi connectivity index (χ0v) is 19.7. The summed E-state index contributed by atoms with van der Waals surface area (Å²) in [6.45, 7) is 14.0. The normalized spacial score (nSPS) is 17.2. The van der Waals surface area contributed by atoms with Crippen LogP contribution < -0.4 is 0 Å². The Balaban J connectivity index is 1.84. The molecule has 0 aromatic heterocycles. The first-order valence-corrected chi connectivity index (χ1v) is 11.4. The van der Waals surface area contributed by atoms with Crippen molar-refractivity contribution < 1.29 is 14.3 Å². The van der Waals surface area contributed by atoms with Gasteiger partial charge in [0.2, 0.25) is 5.91 Å². The number of likely N-dealkylation sites (tertiary alicyclic amines) is 1. The van der Waals surface area contributed by atoms with Crippen LogP contribution >= 0.6 is 0 Å². The van der Waals surface area contributed by atoms with Gasteiger partial charge >= 0.3 is 6.09 Å². The van der Waals surface area contributed by atoms with Crippen molar-refractivity contribution in [3.63, 3.8) is 0 Å². The van der Waals surface area contributed by atoms with E-state index in [1.54, 1.807) is 4.90 Å². The first-order valence-electron chi connectivity index (χ1n) is 11.4. The van der Waals surface area contributed by atoms with Crippen LogP contribution in [-0.2, 0) is 16.0 Å². The van der Waals surface area contributed by atoms with Gasteiger partial charge in [-0.25, -0.2) is 4.79 Å². The minimum atomic E-state index is -0.504. The summed E-state index contributed by atoms with van der Waals surface area (Å²) in [5, 5.41) is 0. The van der Waals surface area contributed by atoms with Gasteiger partial charge in [-0.1, -0.05) is 29.8 Å². The second-order valence-electron chi connectivity index (χ2n) is 9.91. The smallest absolute Gasteiger partial charge is 0.410 e. The number of ether oxygens (including phenoxy) is 1. The summed E-state index contributed by atoms with van der Waals surface area (Å²) in [6, 6.07) is 8.61. The number of benzene rings is 1. The molecule has 0 bridgehead atoms. The zero-order valence-electron chi connectivity index (χ0n) is 19.7. The highest BCUT2D eigenvalue weighted by Crippen LogP contribution is 2.21. The summed E-state index contributed by atoms with van der Waals surface area (Å²) >= 11 is 0. The quantitative estimate of drug-likeness (QED) is 0.614. The van der Waals surface area contributed by atoms with Gasteiger partial charge < -0.3 is 14.5 Å². The Morgan fingerprint density at radius 1 is 1.20 bits per heavy atom. The average Bonchev–Trinajstić information content (AvgIpc) is 2.66. The molecule has 2 rings (SSSR count). The standard InChI is InChI=1S/C25H40N2O3/c1-19(2)27(24(29)30-25(4,5)6)18-22-10-8-16-26(17-22)23(28)11-7-9-21-14-12-20(3)13-15-21/h12-15,19,22H,7-11,16-18H2,1-6H3. The van der Waals surface area contributed by atoms with Gasteiger partial charge in [-0.2, -0.15) is 0 Å². The highest BCUT2D eigenvalue weighted by molar-refractivity contribution is 5.76. The third-order valence-electron chi connectivity index (χ3n) is 5.55. The van der Waals surface area contributed by atoms with E-state index in [4.69, 9.17) is 4.74 Å². The molecule has 5 heteroatoms. The van der Waals surface area contributed by atoms with Crippen LogP contribution in [-0.4, -0.2) is 53.1 Å². The van der Waals surface area contributed by atoms with E-state index in [0.717, 1.165) is 38.8 Å². The number of aryl methyl sites for hydroxylation is 2. The van der Waals surface area contributed by atoms with Crippen molar-refractivity contribution in [1.29, 1.82) is 0 Å². The number of amides is 2. The largest absolute Gasteiger partial charge is 0.444 e. The SMILES string of the molecule is Cc1ccc(CCCC(=O)N2CCCC(CN(C(=O)OC(C)(C)C)C(C)C)C2)cc1. The maximum atomic E-state index is 12.7. The summed E-state index contributed by atoms with van der Waals surface area (Å²) in [5.74, 6) is 0.537. The number of carbonyl (C=O) groups excluding carboxylic acids is 2. The molecule has 1 aliphatic heterocycles. The van der Waals surface area contributed by atoms with Gasteiger partial charge in [0.15, 0.2) is 0 Å². The Morgan fingerprint density at radius 3 is 2.47 bits per heavy atom. The number of piperidine rings is 1. The zero-order chi connectivity index (χ0) is 22.3. The van der Waals surface area contributed by atoms with Gasteiger partial charge in [-0.3, -0.25) is 4.79 Å². The topological polar surface area (TPSA) is 49.9 Å². The van der Waals surface area contributed by atoms with E-state index in [1.165, 1.54) is 11.1 Å². The highest BCUT2D eigenvalue weighted by Gasteiger charge is 2.30. The van der Waals surface area contributed by atoms with Crippen molar-refractivity contribution in [2.24, 2.45) is 5.92 Å². The lowest BCUT2D eigenvalue weighted by molar-refractivity contribution is -0.133. The summed E-state index contributed by atoms with van der Waals surface area (Å²) in [4.78, 5) is 29.2. The molecule has 168 valence electrons. The second-order valence-corrected chi connectivity index (χ2v) is 9.91. The van der Waals surface area contributed by atoms with Crippen molar-refractivity contribution in [3.05, 3.63) is 35.4 Å². The number of nitrogens with zero attached hydrogens (tertiary/aromatic N) is 2. The van der Waals surface area contributed by atoms with E-state index < -0.39 is 5.60 Å². The molecule has 0 aliphatic carbocycles. The lowest BCUT2D eigenvalue weighted by Gasteiger charge is -2.37. The second kappa shape index (κ2) is 10.8. The van der Waals surface area contributed by atoms with Crippen LogP contribution in [0.2, 0.25) is 0 Å². The van der Waals surface area contributed by atoms with Gasteiger partial charge in [0.25, 0.3) is 0 Å². The predicted octanol–water partition coefficient (Wildman–Crippen LogP) is 5.20. The van der Waals surface area contributed by atoms with E-state index in [2.05, 4.69) is 31.2 Å². The molecule has 1 aromatic carbocycles. The lowest BCUT2D eigenvalue weighted by Crippen LogP contribution is -2.48. The van der Waals surface area contributed by atoms with Crippen molar-refractivity contribution in [1.82, 2.24) is 9.80 Å². The van der Waals surface area contributed by atoms with Crippen LogP contribution in [0.4, 0.5) is 4.79 Å². The molecule has 1 saturated heterocycles. The third kappa shape index (κ3) is 8.00. The molecule has 30 heavy (non-hydrogen) atoms. The van der Waals surface area contributed by atoms with Crippen LogP contribution in [0.1, 0.15) is 71.4 Å².